The van der Waals surface area contributed by atoms with E-state index in [1.807, 2.05) is 0 Å². The molecular formula is C11H23NO5S. The van der Waals surface area contributed by atoms with Crippen LogP contribution in [0.25, 0.3) is 0 Å². The van der Waals surface area contributed by atoms with Crippen molar-refractivity contribution in [3.05, 3.63) is 12.2 Å². The Morgan fingerprint density at radius 3 is 2.22 bits per heavy atom. The van der Waals surface area contributed by atoms with E-state index in [1.54, 1.807) is 20.8 Å². The van der Waals surface area contributed by atoms with Crippen LogP contribution in [0.1, 0.15) is 34.1 Å². The van der Waals surface area contributed by atoms with Crippen molar-refractivity contribution in [3.63, 3.8) is 0 Å². The lowest BCUT2D eigenvalue weighted by Crippen LogP contribution is -2.35. The van der Waals surface area contributed by atoms with Gasteiger partial charge < -0.3 is 10.9 Å². The Bertz CT molecular complexity index is 386. The van der Waals surface area contributed by atoms with Crippen molar-refractivity contribution in [2.24, 2.45) is 0 Å². The van der Waals surface area contributed by atoms with Gasteiger partial charge in [-0.15, -0.1) is 0 Å². The van der Waals surface area contributed by atoms with E-state index in [-0.39, 0.29) is 24.1 Å². The minimum absolute atomic E-state index is 0. The van der Waals surface area contributed by atoms with Crippen molar-refractivity contribution >= 4 is 16.1 Å². The fourth-order valence-corrected chi connectivity index (χ4v) is 1.99. The van der Waals surface area contributed by atoms with Crippen LogP contribution < -0.4 is 6.15 Å². The van der Waals surface area contributed by atoms with Crippen LogP contribution in [0.5, 0.6) is 0 Å². The third-order valence-electron chi connectivity index (χ3n) is 1.76. The van der Waals surface area contributed by atoms with Gasteiger partial charge in [0, 0.05) is 5.57 Å². The first-order valence-electron chi connectivity index (χ1n) is 5.35. The van der Waals surface area contributed by atoms with Crippen LogP contribution in [0, 0.1) is 0 Å². The zero-order valence-electron chi connectivity index (χ0n) is 11.5. The maximum Gasteiger partial charge on any atom is 0.333 e. The summed E-state index contributed by atoms with van der Waals surface area (Å²) in [6.07, 6.45) is 0.480. The van der Waals surface area contributed by atoms with Gasteiger partial charge in [0.15, 0.2) is 0 Å². The number of ether oxygens (including phenoxy) is 1. The Morgan fingerprint density at radius 2 is 1.83 bits per heavy atom. The van der Waals surface area contributed by atoms with E-state index < -0.39 is 21.7 Å². The Balaban J connectivity index is 0. The fourth-order valence-electron chi connectivity index (χ4n) is 0.908. The first-order chi connectivity index (χ1) is 7.59. The molecule has 0 aliphatic rings. The van der Waals surface area contributed by atoms with Crippen LogP contribution in [0.4, 0.5) is 0 Å². The lowest BCUT2D eigenvalue weighted by molar-refractivity contribution is -0.154. The van der Waals surface area contributed by atoms with Crippen molar-refractivity contribution in [1.29, 1.82) is 0 Å². The van der Waals surface area contributed by atoms with Crippen LogP contribution in [-0.2, 0) is 23.8 Å². The minimum atomic E-state index is -3.53. The molecule has 108 valence electrons. The highest BCUT2D eigenvalue weighted by Gasteiger charge is 2.26. The van der Waals surface area contributed by atoms with Crippen LogP contribution in [0.2, 0.25) is 0 Å². The summed E-state index contributed by atoms with van der Waals surface area (Å²) in [5, 5.41) is 0. The molecule has 6 nitrogen and oxygen atoms in total. The number of carbonyl (C=O) groups is 1. The third-order valence-corrected chi connectivity index (χ3v) is 3.14. The summed E-state index contributed by atoms with van der Waals surface area (Å²) in [6.45, 7) is 9.67. The molecule has 0 rings (SSSR count). The minimum Gasteiger partial charge on any atom is -0.454 e. The topological polar surface area (TPSA) is 105 Å². The maximum absolute atomic E-state index is 11.3. The number of esters is 1. The molecule has 7 heteroatoms. The van der Waals surface area contributed by atoms with E-state index in [4.69, 9.17) is 8.92 Å². The van der Waals surface area contributed by atoms with Gasteiger partial charge in [0.05, 0.1) is 5.75 Å². The summed E-state index contributed by atoms with van der Waals surface area (Å²) in [5.74, 6) is -0.608. The molecule has 0 saturated carbocycles. The van der Waals surface area contributed by atoms with E-state index in [0.29, 0.717) is 6.42 Å². The number of hydrogen-bond acceptors (Lipinski definition) is 6. The molecule has 0 aliphatic heterocycles. The molecule has 0 aromatic heterocycles. The average Bonchev–Trinajstić information content (AvgIpc) is 2.14. The Kier molecular flexibility index (Phi) is 8.09. The van der Waals surface area contributed by atoms with Crippen LogP contribution in [-0.4, -0.2) is 32.3 Å². The normalized spacial score (nSPS) is 11.6. The van der Waals surface area contributed by atoms with Gasteiger partial charge in [-0.2, -0.15) is 8.42 Å². The molecule has 0 fully saturated rings. The molecule has 0 bridgehead atoms. The summed E-state index contributed by atoms with van der Waals surface area (Å²) in [6, 6.07) is 0. The smallest absolute Gasteiger partial charge is 0.333 e. The Hall–Kier alpha value is -0.920. The van der Waals surface area contributed by atoms with Gasteiger partial charge in [-0.3, -0.25) is 4.18 Å². The highest BCUT2D eigenvalue weighted by molar-refractivity contribution is 7.86. The first kappa shape index (κ1) is 19.4. The molecule has 0 aromatic rings. The summed E-state index contributed by atoms with van der Waals surface area (Å²) in [7, 11) is -3.53. The second-order valence-corrected chi connectivity index (χ2v) is 6.21. The van der Waals surface area contributed by atoms with Crippen LogP contribution >= 0.6 is 0 Å². The molecule has 0 aromatic carbocycles. The van der Waals surface area contributed by atoms with Gasteiger partial charge in [0.1, 0.15) is 12.2 Å². The van der Waals surface area contributed by atoms with Crippen LogP contribution in [0.15, 0.2) is 12.2 Å². The summed E-state index contributed by atoms with van der Waals surface area (Å²) in [5.41, 5.74) is -0.744. The van der Waals surface area contributed by atoms with E-state index in [2.05, 4.69) is 6.58 Å². The van der Waals surface area contributed by atoms with Crippen LogP contribution in [0.3, 0.4) is 0 Å². The van der Waals surface area contributed by atoms with Gasteiger partial charge in [0.25, 0.3) is 10.1 Å². The predicted octanol–water partition coefficient (Wildman–Crippen LogP) is 1.80. The van der Waals surface area contributed by atoms with E-state index in [1.165, 1.54) is 6.92 Å². The van der Waals surface area contributed by atoms with Crippen molar-refractivity contribution < 1.29 is 22.1 Å². The molecular weight excluding hydrogens is 258 g/mol. The molecule has 0 amide bonds. The molecule has 0 aliphatic carbocycles. The van der Waals surface area contributed by atoms with Gasteiger partial charge in [-0.05, 0) is 27.2 Å². The lowest BCUT2D eigenvalue weighted by Gasteiger charge is -2.24. The van der Waals surface area contributed by atoms with Gasteiger partial charge >= 0.3 is 5.97 Å². The summed E-state index contributed by atoms with van der Waals surface area (Å²) < 4.78 is 32.5. The van der Waals surface area contributed by atoms with E-state index in [0.717, 1.165) is 0 Å². The number of rotatable bonds is 7. The highest BCUT2D eigenvalue weighted by atomic mass is 32.2. The molecule has 18 heavy (non-hydrogen) atoms. The number of carbonyl (C=O) groups excluding carboxylic acids is 1. The third kappa shape index (κ3) is 8.21. The largest absolute Gasteiger partial charge is 0.454 e. The lowest BCUT2D eigenvalue weighted by atomic mass is 10.1. The molecule has 0 atom stereocenters. The summed E-state index contributed by atoms with van der Waals surface area (Å²) >= 11 is 0. The van der Waals surface area contributed by atoms with Crippen molar-refractivity contribution in [3.8, 4) is 0 Å². The number of hydrogen-bond donors (Lipinski definition) is 1. The van der Waals surface area contributed by atoms with E-state index >= 15 is 0 Å². The van der Waals surface area contributed by atoms with Crippen molar-refractivity contribution in [2.45, 2.75) is 39.7 Å². The summed E-state index contributed by atoms with van der Waals surface area (Å²) in [4.78, 5) is 11.3. The molecule has 0 saturated heterocycles. The molecule has 0 unspecified atom stereocenters. The van der Waals surface area contributed by atoms with Crippen molar-refractivity contribution in [1.82, 2.24) is 6.15 Å². The zero-order valence-corrected chi connectivity index (χ0v) is 12.3. The fraction of sp³-hybridized carbons (Fsp3) is 0.727. The molecule has 0 heterocycles. The van der Waals surface area contributed by atoms with Crippen molar-refractivity contribution in [2.75, 3.05) is 12.4 Å². The monoisotopic (exact) mass is 281 g/mol. The van der Waals surface area contributed by atoms with Gasteiger partial charge in [0.2, 0.25) is 0 Å². The molecule has 0 radical (unpaired) electrons. The Labute approximate surface area is 109 Å². The second kappa shape index (κ2) is 7.50. The maximum atomic E-state index is 11.3. The standard InChI is InChI=1S/C11H20O5S.H3N/c1-6-7-17(13,14)15-8-11(4,5)16-10(12)9(2)3;/h2,6-8H2,1,3-5H3;1H3. The average molecular weight is 281 g/mol. The van der Waals surface area contributed by atoms with Gasteiger partial charge in [-0.1, -0.05) is 13.5 Å². The van der Waals surface area contributed by atoms with E-state index in [9.17, 15) is 13.2 Å². The zero-order chi connectivity index (χ0) is 13.7. The Morgan fingerprint density at radius 1 is 1.33 bits per heavy atom. The molecule has 0 spiro atoms. The molecule has 3 N–H and O–H groups in total. The quantitative estimate of drug-likeness (QED) is 0.433. The first-order valence-corrected chi connectivity index (χ1v) is 6.93. The van der Waals surface area contributed by atoms with Gasteiger partial charge in [-0.25, -0.2) is 4.79 Å². The SMILES string of the molecule is C=C(C)C(=O)OC(C)(C)COS(=O)(=O)CCC.N. The second-order valence-electron chi connectivity index (χ2n) is 4.45. The highest BCUT2D eigenvalue weighted by Crippen LogP contribution is 2.14. The predicted molar refractivity (Wildman–Crippen MR) is 70.0 cm³/mol.